The number of carbonyl (C=O) groups is 1. The maximum atomic E-state index is 12.7. The van der Waals surface area contributed by atoms with Crippen LogP contribution in [0.5, 0.6) is 0 Å². The van der Waals surface area contributed by atoms with E-state index in [4.69, 9.17) is 0 Å². The Labute approximate surface area is 148 Å². The van der Waals surface area contributed by atoms with Gasteiger partial charge in [0.15, 0.2) is 0 Å². The molecule has 128 valence electrons. The summed E-state index contributed by atoms with van der Waals surface area (Å²) in [4.78, 5) is 34.7. The molecule has 0 bridgehead atoms. The Morgan fingerprint density at radius 3 is 2.88 bits per heavy atom. The van der Waals surface area contributed by atoms with Crippen molar-refractivity contribution in [2.45, 2.75) is 19.4 Å². The summed E-state index contributed by atoms with van der Waals surface area (Å²) in [6.07, 6.45) is 4.90. The van der Waals surface area contributed by atoms with E-state index in [0.29, 0.717) is 12.5 Å². The van der Waals surface area contributed by atoms with Crippen molar-refractivity contribution in [1.29, 1.82) is 0 Å². The van der Waals surface area contributed by atoms with Gasteiger partial charge in [0.1, 0.15) is 0 Å². The SMILES string of the molecule is O=C(c1ccc2ncsc2c1)N1CCC(Cn2cnccc2=O)CC1. The summed E-state index contributed by atoms with van der Waals surface area (Å²) in [6, 6.07) is 7.16. The Bertz CT molecular complexity index is 957. The zero-order valence-electron chi connectivity index (χ0n) is 13.7. The molecule has 0 unspecified atom stereocenters. The summed E-state index contributed by atoms with van der Waals surface area (Å²) >= 11 is 1.55. The lowest BCUT2D eigenvalue weighted by atomic mass is 9.96. The molecule has 1 amide bonds. The molecule has 1 aliphatic heterocycles. The Morgan fingerprint density at radius 2 is 2.08 bits per heavy atom. The van der Waals surface area contributed by atoms with Gasteiger partial charge in [0.25, 0.3) is 11.5 Å². The number of benzene rings is 1. The summed E-state index contributed by atoms with van der Waals surface area (Å²) < 4.78 is 2.69. The number of amides is 1. The standard InChI is InChI=1S/C18H18N4O2S/c23-17-3-6-19-11-22(17)10-13-4-7-21(8-5-13)18(24)14-1-2-15-16(9-14)25-12-20-15/h1-3,6,9,11-13H,4-5,7-8,10H2. The minimum absolute atomic E-state index is 0.0219. The number of hydrogen-bond acceptors (Lipinski definition) is 5. The van der Waals surface area contributed by atoms with E-state index in [2.05, 4.69) is 9.97 Å². The molecule has 1 aliphatic rings. The van der Waals surface area contributed by atoms with E-state index in [1.54, 1.807) is 27.7 Å². The number of piperidine rings is 1. The van der Waals surface area contributed by atoms with Crippen molar-refractivity contribution in [3.63, 3.8) is 0 Å². The highest BCUT2D eigenvalue weighted by molar-refractivity contribution is 7.16. The van der Waals surface area contributed by atoms with Crippen LogP contribution in [0.25, 0.3) is 10.2 Å². The van der Waals surface area contributed by atoms with Gasteiger partial charge in [-0.15, -0.1) is 11.3 Å². The summed E-state index contributed by atoms with van der Waals surface area (Å²) in [5, 5.41) is 0. The van der Waals surface area contributed by atoms with Gasteiger partial charge in [-0.05, 0) is 37.0 Å². The van der Waals surface area contributed by atoms with Gasteiger partial charge in [-0.1, -0.05) is 0 Å². The summed E-state index contributed by atoms with van der Waals surface area (Å²) in [5.41, 5.74) is 3.43. The second-order valence-corrected chi connectivity index (χ2v) is 7.23. The maximum Gasteiger partial charge on any atom is 0.253 e. The maximum absolute atomic E-state index is 12.7. The van der Waals surface area contributed by atoms with Crippen LogP contribution < -0.4 is 5.56 Å². The van der Waals surface area contributed by atoms with Gasteiger partial charge in [-0.25, -0.2) is 9.97 Å². The molecular weight excluding hydrogens is 336 g/mol. The van der Waals surface area contributed by atoms with Crippen molar-refractivity contribution in [2.24, 2.45) is 5.92 Å². The number of rotatable bonds is 3. The molecule has 0 radical (unpaired) electrons. The van der Waals surface area contributed by atoms with Crippen LogP contribution in [-0.4, -0.2) is 38.4 Å². The number of carbonyl (C=O) groups excluding carboxylic acids is 1. The minimum atomic E-state index is -0.0219. The first-order valence-electron chi connectivity index (χ1n) is 8.34. The van der Waals surface area contributed by atoms with Crippen LogP contribution in [0, 0.1) is 5.92 Å². The molecule has 1 saturated heterocycles. The van der Waals surface area contributed by atoms with Gasteiger partial charge < -0.3 is 4.90 Å². The molecule has 1 fully saturated rings. The number of nitrogens with zero attached hydrogens (tertiary/aromatic N) is 4. The molecule has 0 saturated carbocycles. The van der Waals surface area contributed by atoms with Crippen LogP contribution in [0.1, 0.15) is 23.2 Å². The number of thiazole rings is 1. The second-order valence-electron chi connectivity index (χ2n) is 6.34. The molecule has 0 N–H and O–H groups in total. The Morgan fingerprint density at radius 1 is 1.24 bits per heavy atom. The summed E-state index contributed by atoms with van der Waals surface area (Å²) in [7, 11) is 0. The van der Waals surface area contributed by atoms with Crippen LogP contribution >= 0.6 is 11.3 Å². The number of hydrogen-bond donors (Lipinski definition) is 0. The predicted octanol–water partition coefficient (Wildman–Crippen LogP) is 2.41. The third kappa shape index (κ3) is 3.32. The van der Waals surface area contributed by atoms with Crippen LogP contribution in [0.3, 0.4) is 0 Å². The van der Waals surface area contributed by atoms with Crippen LogP contribution in [0.15, 0.2) is 47.1 Å². The highest BCUT2D eigenvalue weighted by Crippen LogP contribution is 2.23. The second kappa shape index (κ2) is 6.76. The van der Waals surface area contributed by atoms with Crippen molar-refractivity contribution in [3.05, 3.63) is 58.2 Å². The summed E-state index contributed by atoms with van der Waals surface area (Å²) in [5.74, 6) is 0.474. The Kier molecular flexibility index (Phi) is 4.31. The molecule has 4 rings (SSSR count). The molecule has 1 aromatic carbocycles. The number of aromatic nitrogens is 3. The first kappa shape index (κ1) is 16.0. The average molecular weight is 354 g/mol. The van der Waals surface area contributed by atoms with Crippen molar-refractivity contribution in [1.82, 2.24) is 19.4 Å². The summed E-state index contributed by atoms with van der Waals surface area (Å²) in [6.45, 7) is 2.11. The minimum Gasteiger partial charge on any atom is -0.339 e. The number of fused-ring (bicyclic) bond motifs is 1. The zero-order valence-corrected chi connectivity index (χ0v) is 14.5. The van der Waals surface area contributed by atoms with Crippen LogP contribution in [0.4, 0.5) is 0 Å². The van der Waals surface area contributed by atoms with Gasteiger partial charge >= 0.3 is 0 Å². The molecular formula is C18H18N4O2S. The first-order valence-corrected chi connectivity index (χ1v) is 9.21. The lowest BCUT2D eigenvalue weighted by Crippen LogP contribution is -2.40. The first-order chi connectivity index (χ1) is 12.2. The van der Waals surface area contributed by atoms with Gasteiger partial charge in [0.2, 0.25) is 0 Å². The normalized spacial score (nSPS) is 15.6. The van der Waals surface area contributed by atoms with Crippen molar-refractivity contribution in [2.75, 3.05) is 13.1 Å². The van der Waals surface area contributed by atoms with E-state index in [1.807, 2.05) is 23.1 Å². The smallest absolute Gasteiger partial charge is 0.253 e. The van der Waals surface area contributed by atoms with E-state index in [1.165, 1.54) is 12.3 Å². The molecule has 3 heterocycles. The monoisotopic (exact) mass is 354 g/mol. The molecule has 0 spiro atoms. The van der Waals surface area contributed by atoms with Gasteiger partial charge in [-0.2, -0.15) is 0 Å². The van der Waals surface area contributed by atoms with E-state index in [0.717, 1.165) is 41.7 Å². The van der Waals surface area contributed by atoms with Crippen LogP contribution in [-0.2, 0) is 6.54 Å². The van der Waals surface area contributed by atoms with Crippen molar-refractivity contribution < 1.29 is 4.79 Å². The molecule has 6 nitrogen and oxygen atoms in total. The van der Waals surface area contributed by atoms with E-state index in [-0.39, 0.29) is 11.5 Å². The molecule has 7 heteroatoms. The zero-order chi connectivity index (χ0) is 17.2. The highest BCUT2D eigenvalue weighted by atomic mass is 32.1. The fourth-order valence-corrected chi connectivity index (χ4v) is 4.00. The molecule has 0 aliphatic carbocycles. The van der Waals surface area contributed by atoms with E-state index >= 15 is 0 Å². The van der Waals surface area contributed by atoms with Crippen molar-refractivity contribution >= 4 is 27.5 Å². The van der Waals surface area contributed by atoms with Crippen LogP contribution in [0.2, 0.25) is 0 Å². The fourth-order valence-electron chi connectivity index (χ4n) is 3.28. The van der Waals surface area contributed by atoms with Gasteiger partial charge in [0, 0.05) is 37.5 Å². The number of likely N-dealkylation sites (tertiary alicyclic amines) is 1. The van der Waals surface area contributed by atoms with E-state index < -0.39 is 0 Å². The Hall–Kier alpha value is -2.54. The molecule has 25 heavy (non-hydrogen) atoms. The topological polar surface area (TPSA) is 68.1 Å². The molecule has 2 aromatic heterocycles. The average Bonchev–Trinajstić information content (AvgIpc) is 3.11. The quantitative estimate of drug-likeness (QED) is 0.724. The van der Waals surface area contributed by atoms with Crippen molar-refractivity contribution in [3.8, 4) is 0 Å². The van der Waals surface area contributed by atoms with E-state index in [9.17, 15) is 9.59 Å². The third-order valence-corrected chi connectivity index (χ3v) is 5.52. The van der Waals surface area contributed by atoms with Gasteiger partial charge in [-0.3, -0.25) is 14.2 Å². The predicted molar refractivity (Wildman–Crippen MR) is 96.7 cm³/mol. The molecule has 3 aromatic rings. The lowest BCUT2D eigenvalue weighted by molar-refractivity contribution is 0.0682. The Balaban J connectivity index is 1.40. The third-order valence-electron chi connectivity index (χ3n) is 4.73. The lowest BCUT2D eigenvalue weighted by Gasteiger charge is -2.32. The fraction of sp³-hybridized carbons (Fsp3) is 0.333. The largest absolute Gasteiger partial charge is 0.339 e. The molecule has 0 atom stereocenters. The highest BCUT2D eigenvalue weighted by Gasteiger charge is 2.24. The van der Waals surface area contributed by atoms with Gasteiger partial charge in [0.05, 0.1) is 22.1 Å².